The average Bonchev–Trinajstić information content (AvgIpc) is 3.03. The Kier molecular flexibility index (Phi) is 4.26. The number of rotatable bonds is 2. The maximum atomic E-state index is 12.6. The van der Waals surface area contributed by atoms with Crippen LogP contribution >= 0.6 is 11.6 Å². The number of pyridine rings is 1. The molecule has 2 aromatic carbocycles. The number of aromatic amines is 1. The zero-order valence-corrected chi connectivity index (χ0v) is 15.9. The van der Waals surface area contributed by atoms with E-state index in [9.17, 15) is 4.79 Å². The van der Waals surface area contributed by atoms with Crippen molar-refractivity contribution in [1.82, 2.24) is 0 Å². The lowest BCUT2D eigenvalue weighted by Crippen LogP contribution is -2.40. The van der Waals surface area contributed by atoms with Gasteiger partial charge in [-0.2, -0.15) is 0 Å². The van der Waals surface area contributed by atoms with Crippen molar-refractivity contribution in [1.29, 1.82) is 0 Å². The normalized spacial score (nSPS) is 17.8. The summed E-state index contributed by atoms with van der Waals surface area (Å²) < 4.78 is 5.51. The molecule has 1 aromatic heterocycles. The van der Waals surface area contributed by atoms with Crippen LogP contribution in [0.25, 0.3) is 22.6 Å². The molecule has 0 radical (unpaired) electrons. The van der Waals surface area contributed by atoms with E-state index >= 15 is 0 Å². The quantitative estimate of drug-likeness (QED) is 0.677. The van der Waals surface area contributed by atoms with Crippen LogP contribution in [-0.2, 0) is 9.53 Å². The molecular formula is C22H19ClN3O2+. The lowest BCUT2D eigenvalue weighted by atomic mass is 10.0. The van der Waals surface area contributed by atoms with Crippen molar-refractivity contribution in [3.8, 4) is 0 Å². The Hall–Kier alpha value is -2.89. The summed E-state index contributed by atoms with van der Waals surface area (Å²) in [4.78, 5) is 18.5. The van der Waals surface area contributed by atoms with Gasteiger partial charge in [0.1, 0.15) is 18.6 Å². The molecule has 0 saturated carbocycles. The van der Waals surface area contributed by atoms with E-state index in [2.05, 4.69) is 33.4 Å². The van der Waals surface area contributed by atoms with E-state index in [0.29, 0.717) is 23.8 Å². The number of halogens is 1. The highest BCUT2D eigenvalue weighted by atomic mass is 35.5. The van der Waals surface area contributed by atoms with Crippen molar-refractivity contribution in [3.63, 3.8) is 0 Å². The van der Waals surface area contributed by atoms with Gasteiger partial charge in [-0.1, -0.05) is 29.8 Å². The van der Waals surface area contributed by atoms with E-state index in [4.69, 9.17) is 16.3 Å². The molecule has 0 spiro atoms. The predicted octanol–water partition coefficient (Wildman–Crippen LogP) is 3.64. The molecule has 1 fully saturated rings. The van der Waals surface area contributed by atoms with Crippen LogP contribution in [0.3, 0.4) is 0 Å². The number of morpholine rings is 1. The number of para-hydroxylation sites is 1. The minimum Gasteiger partial charge on any atom is -0.373 e. The third-order valence-corrected chi connectivity index (χ3v) is 5.43. The number of benzene rings is 2. The molecule has 0 unspecified atom stereocenters. The first-order valence-corrected chi connectivity index (χ1v) is 9.67. The molecule has 140 valence electrons. The molecule has 1 amide bonds. The Balaban J connectivity index is 1.69. The van der Waals surface area contributed by atoms with Gasteiger partial charge < -0.3 is 10.1 Å². The number of ether oxygens (including phenoxy) is 1. The lowest BCUT2D eigenvalue weighted by Gasteiger charge is -2.23. The second-order valence-electron chi connectivity index (χ2n) is 6.96. The monoisotopic (exact) mass is 392 g/mol. The van der Waals surface area contributed by atoms with Crippen LogP contribution in [-0.4, -0.2) is 32.2 Å². The van der Waals surface area contributed by atoms with Crippen LogP contribution in [0.4, 0.5) is 11.5 Å². The second-order valence-corrected chi connectivity index (χ2v) is 7.40. The van der Waals surface area contributed by atoms with Gasteiger partial charge in [-0.25, -0.2) is 4.98 Å². The largest absolute Gasteiger partial charge is 0.373 e. The molecule has 3 aromatic rings. The fourth-order valence-electron chi connectivity index (χ4n) is 3.79. The molecule has 0 aliphatic carbocycles. The van der Waals surface area contributed by atoms with E-state index in [1.54, 1.807) is 6.07 Å². The number of carbonyl (C=O) groups excluding carboxylic acids is 1. The van der Waals surface area contributed by atoms with Gasteiger partial charge in [0.05, 0.1) is 18.8 Å². The Morgan fingerprint density at radius 1 is 1.11 bits per heavy atom. The van der Waals surface area contributed by atoms with E-state index in [1.807, 2.05) is 30.3 Å². The van der Waals surface area contributed by atoms with Gasteiger partial charge in [-0.05, 0) is 36.4 Å². The molecule has 28 heavy (non-hydrogen) atoms. The molecule has 5 nitrogen and oxygen atoms in total. The zero-order valence-electron chi connectivity index (χ0n) is 15.2. The number of nitrogens with one attached hydrogen (secondary N) is 2. The van der Waals surface area contributed by atoms with Crippen LogP contribution in [0.1, 0.15) is 11.1 Å². The van der Waals surface area contributed by atoms with Crippen LogP contribution in [0, 0.1) is 0 Å². The minimum absolute atomic E-state index is 0.113. The number of H-pyrrole nitrogens is 1. The molecule has 1 saturated heterocycles. The Morgan fingerprint density at radius 3 is 2.79 bits per heavy atom. The van der Waals surface area contributed by atoms with E-state index in [1.165, 1.54) is 0 Å². The van der Waals surface area contributed by atoms with Gasteiger partial charge in [0.25, 0.3) is 11.7 Å². The Labute approximate surface area is 167 Å². The van der Waals surface area contributed by atoms with Crippen LogP contribution in [0.15, 0.2) is 48.5 Å². The number of hydrogen-bond acceptors (Lipinski definition) is 3. The predicted molar refractivity (Wildman–Crippen MR) is 111 cm³/mol. The van der Waals surface area contributed by atoms with Crippen LogP contribution < -0.4 is 15.2 Å². The molecule has 3 heterocycles. The second kappa shape index (κ2) is 6.93. The van der Waals surface area contributed by atoms with E-state index in [-0.39, 0.29) is 5.91 Å². The van der Waals surface area contributed by atoms with Crippen LogP contribution in [0.5, 0.6) is 0 Å². The standard InChI is InChI=1S/C22H18ClN3O2/c23-16-5-6-20-17(13-16)18(22(27)25-20)12-15-11-14-3-1-2-4-19(14)24-21(15)26-7-9-28-10-8-26/h1-6,11-13H,7-10H2,(H,25,27)/p+1/b18-12-. The molecule has 2 aliphatic heterocycles. The molecule has 6 heteroatoms. The van der Waals surface area contributed by atoms with Crippen molar-refractivity contribution < 1.29 is 14.5 Å². The smallest absolute Gasteiger partial charge is 0.282 e. The topological polar surface area (TPSA) is 55.7 Å². The summed E-state index contributed by atoms with van der Waals surface area (Å²) in [5, 5.41) is 4.63. The number of anilines is 2. The van der Waals surface area contributed by atoms with E-state index < -0.39 is 0 Å². The number of fused-ring (bicyclic) bond motifs is 2. The first-order valence-electron chi connectivity index (χ1n) is 9.30. The first kappa shape index (κ1) is 17.2. The molecule has 2 aliphatic rings. The number of nitrogens with zero attached hydrogens (tertiary/aromatic N) is 1. The van der Waals surface area contributed by atoms with Gasteiger partial charge in [0, 0.05) is 27.2 Å². The summed E-state index contributed by atoms with van der Waals surface area (Å²) >= 11 is 6.18. The average molecular weight is 393 g/mol. The third kappa shape index (κ3) is 3.03. The van der Waals surface area contributed by atoms with Crippen molar-refractivity contribution >= 4 is 51.6 Å². The number of carbonyl (C=O) groups is 1. The van der Waals surface area contributed by atoms with Gasteiger partial charge in [-0.3, -0.25) is 9.69 Å². The van der Waals surface area contributed by atoms with Gasteiger partial charge in [-0.15, -0.1) is 0 Å². The number of aromatic nitrogens is 1. The maximum Gasteiger partial charge on any atom is 0.282 e. The number of hydrogen-bond donors (Lipinski definition) is 1. The lowest BCUT2D eigenvalue weighted by molar-refractivity contribution is -0.331. The fraction of sp³-hybridized carbons (Fsp3) is 0.182. The highest BCUT2D eigenvalue weighted by molar-refractivity contribution is 6.37. The molecule has 2 N–H and O–H groups in total. The summed E-state index contributed by atoms with van der Waals surface area (Å²) in [7, 11) is 0. The van der Waals surface area contributed by atoms with Gasteiger partial charge >= 0.3 is 0 Å². The Morgan fingerprint density at radius 2 is 1.93 bits per heavy atom. The summed E-state index contributed by atoms with van der Waals surface area (Å²) in [6.07, 6.45) is 1.95. The summed E-state index contributed by atoms with van der Waals surface area (Å²) in [5.41, 5.74) is 4.27. The molecular weight excluding hydrogens is 374 g/mol. The highest BCUT2D eigenvalue weighted by Gasteiger charge is 2.28. The Bertz CT molecular complexity index is 1120. The number of amides is 1. The van der Waals surface area contributed by atoms with Crippen molar-refractivity contribution in [2.24, 2.45) is 0 Å². The van der Waals surface area contributed by atoms with Crippen LogP contribution in [0.2, 0.25) is 5.02 Å². The fourth-order valence-corrected chi connectivity index (χ4v) is 3.96. The SMILES string of the molecule is O=C1Nc2ccc(Cl)cc2/C1=C/c1cc2ccccc2[nH+]c1N1CCOCC1. The zero-order chi connectivity index (χ0) is 19.1. The molecule has 0 atom stereocenters. The summed E-state index contributed by atoms with van der Waals surface area (Å²) in [5.74, 6) is 0.885. The minimum atomic E-state index is -0.113. The maximum absolute atomic E-state index is 12.6. The van der Waals surface area contributed by atoms with Crippen molar-refractivity contribution in [2.45, 2.75) is 0 Å². The van der Waals surface area contributed by atoms with Gasteiger partial charge in [0.2, 0.25) is 0 Å². The molecule has 5 rings (SSSR count). The summed E-state index contributed by atoms with van der Waals surface area (Å²) in [6, 6.07) is 15.7. The van der Waals surface area contributed by atoms with Gasteiger partial charge in [0.15, 0.2) is 0 Å². The molecule has 0 bridgehead atoms. The highest BCUT2D eigenvalue weighted by Crippen LogP contribution is 2.36. The van der Waals surface area contributed by atoms with Crippen molar-refractivity contribution in [3.05, 3.63) is 64.7 Å². The first-order chi connectivity index (χ1) is 13.7. The third-order valence-electron chi connectivity index (χ3n) is 5.19. The van der Waals surface area contributed by atoms with Crippen molar-refractivity contribution in [2.75, 3.05) is 36.5 Å². The summed E-state index contributed by atoms with van der Waals surface area (Å²) in [6.45, 7) is 2.99. The van der Waals surface area contributed by atoms with E-state index in [0.717, 1.165) is 46.6 Å².